The summed E-state index contributed by atoms with van der Waals surface area (Å²) in [4.78, 5) is 12.7. The van der Waals surface area contributed by atoms with Crippen molar-refractivity contribution in [2.75, 3.05) is 10.6 Å². The second kappa shape index (κ2) is 15.6. The maximum Gasteiger partial charge on any atom is 0.324 e. The third-order valence-electron chi connectivity index (χ3n) is 6.44. The molecule has 0 bridgehead atoms. The molecule has 0 aliphatic carbocycles. The molecular formula is C29H47N3O2. The first kappa shape index (κ1) is 27.9. The van der Waals surface area contributed by atoms with Crippen LogP contribution in [0.5, 0.6) is 0 Å². The quantitative estimate of drug-likeness (QED) is 0.241. The summed E-state index contributed by atoms with van der Waals surface area (Å²) in [7, 11) is 0. The molecule has 2 amide bonds. The van der Waals surface area contributed by atoms with Gasteiger partial charge in [0.15, 0.2) is 5.82 Å². The highest BCUT2D eigenvalue weighted by molar-refractivity contribution is 6.00. The zero-order valence-electron chi connectivity index (χ0n) is 22.2. The van der Waals surface area contributed by atoms with Crippen LogP contribution >= 0.6 is 0 Å². The average Bonchev–Trinajstić information content (AvgIpc) is 3.24. The molecule has 0 spiro atoms. The molecule has 2 N–H and O–H groups in total. The van der Waals surface area contributed by atoms with E-state index in [2.05, 4.69) is 68.6 Å². The van der Waals surface area contributed by atoms with Gasteiger partial charge in [-0.05, 0) is 29.4 Å². The Morgan fingerprint density at radius 1 is 0.824 bits per heavy atom. The zero-order valence-corrected chi connectivity index (χ0v) is 22.2. The molecule has 0 aliphatic heterocycles. The summed E-state index contributed by atoms with van der Waals surface area (Å²) < 4.78 is 5.44. The monoisotopic (exact) mass is 469 g/mol. The summed E-state index contributed by atoms with van der Waals surface area (Å²) >= 11 is 0. The Hall–Kier alpha value is -2.30. The number of urea groups is 1. The second-order valence-electron chi connectivity index (χ2n) is 10.2. The lowest BCUT2D eigenvalue weighted by Crippen LogP contribution is -2.22. The van der Waals surface area contributed by atoms with Crippen LogP contribution in [-0.4, -0.2) is 11.2 Å². The second-order valence-corrected chi connectivity index (χ2v) is 10.2. The summed E-state index contributed by atoms with van der Waals surface area (Å²) in [6.07, 6.45) is 15.4. The summed E-state index contributed by atoms with van der Waals surface area (Å²) in [5.41, 5.74) is 3.17. The van der Waals surface area contributed by atoms with E-state index in [1.54, 1.807) is 0 Å². The van der Waals surface area contributed by atoms with Crippen molar-refractivity contribution >= 4 is 17.5 Å². The first-order valence-electron chi connectivity index (χ1n) is 13.6. The predicted octanol–water partition coefficient (Wildman–Crippen LogP) is 9.42. The molecule has 0 aliphatic rings. The lowest BCUT2D eigenvalue weighted by molar-refractivity contribution is 0.262. The molecule has 5 heteroatoms. The molecule has 1 heterocycles. The molecule has 1 aromatic carbocycles. The first-order valence-corrected chi connectivity index (χ1v) is 13.6. The third kappa shape index (κ3) is 9.90. The van der Waals surface area contributed by atoms with Gasteiger partial charge in [0.05, 0.1) is 0 Å². The van der Waals surface area contributed by atoms with Crippen LogP contribution in [0, 0.1) is 0 Å². The molecule has 0 unspecified atom stereocenters. The highest BCUT2D eigenvalue weighted by Crippen LogP contribution is 2.32. The fourth-order valence-corrected chi connectivity index (χ4v) is 4.41. The number of nitrogens with one attached hydrogen (secondary N) is 2. The molecule has 2 aromatic rings. The summed E-state index contributed by atoms with van der Waals surface area (Å²) in [5, 5.41) is 9.93. The Morgan fingerprint density at radius 2 is 1.35 bits per heavy atom. The lowest BCUT2D eigenvalue weighted by Gasteiger charge is -2.20. The number of amides is 2. The van der Waals surface area contributed by atoms with Crippen molar-refractivity contribution in [3.05, 3.63) is 41.2 Å². The first-order chi connectivity index (χ1) is 16.4. The van der Waals surface area contributed by atoms with Gasteiger partial charge in [-0.1, -0.05) is 122 Å². The van der Waals surface area contributed by atoms with Gasteiger partial charge >= 0.3 is 6.03 Å². The molecule has 190 valence electrons. The topological polar surface area (TPSA) is 67.2 Å². The fourth-order valence-electron chi connectivity index (χ4n) is 4.41. The Labute approximate surface area is 207 Å². The van der Waals surface area contributed by atoms with Crippen molar-refractivity contribution in [2.45, 2.75) is 124 Å². The SMILES string of the molecule is CCCCCCCCCCCCCc1cc(NC(=O)Nc2c(C(C)C)cccc2C(C)C)no1. The smallest absolute Gasteiger partial charge is 0.324 e. The standard InChI is InChI=1S/C29H47N3O2/c1-6-7-8-9-10-11-12-13-14-15-16-18-24-21-27(32-34-24)30-29(33)31-28-25(22(2)3)19-17-20-26(28)23(4)5/h17,19-23H,6-16,18H2,1-5H3,(H2,30,31,32,33). The Balaban J connectivity index is 1.71. The number of hydrogen-bond acceptors (Lipinski definition) is 3. The van der Waals surface area contributed by atoms with Crippen LogP contribution in [0.15, 0.2) is 28.8 Å². The number of aromatic nitrogens is 1. The Bertz CT molecular complexity index is 815. The van der Waals surface area contributed by atoms with E-state index >= 15 is 0 Å². The van der Waals surface area contributed by atoms with Gasteiger partial charge in [0.2, 0.25) is 0 Å². The van der Waals surface area contributed by atoms with E-state index in [1.165, 1.54) is 64.2 Å². The van der Waals surface area contributed by atoms with Gasteiger partial charge in [-0.25, -0.2) is 4.79 Å². The van der Waals surface area contributed by atoms with Crippen molar-refractivity contribution in [2.24, 2.45) is 0 Å². The molecule has 0 atom stereocenters. The molecule has 0 saturated heterocycles. The molecule has 0 radical (unpaired) electrons. The van der Waals surface area contributed by atoms with Gasteiger partial charge in [-0.15, -0.1) is 0 Å². The predicted molar refractivity (Wildman–Crippen MR) is 144 cm³/mol. The normalized spacial score (nSPS) is 11.4. The number of carbonyl (C=O) groups is 1. The van der Waals surface area contributed by atoms with Crippen molar-refractivity contribution < 1.29 is 9.32 Å². The Morgan fingerprint density at radius 3 is 1.88 bits per heavy atom. The van der Waals surface area contributed by atoms with E-state index in [4.69, 9.17) is 4.52 Å². The van der Waals surface area contributed by atoms with Crippen LogP contribution in [0.25, 0.3) is 0 Å². The number of aryl methyl sites for hydroxylation is 1. The fraction of sp³-hybridized carbons (Fsp3) is 0.655. The minimum absolute atomic E-state index is 0.287. The number of hydrogen-bond donors (Lipinski definition) is 2. The van der Waals surface area contributed by atoms with E-state index in [9.17, 15) is 4.79 Å². The minimum atomic E-state index is -0.287. The van der Waals surface area contributed by atoms with Gasteiger partial charge in [0.25, 0.3) is 0 Å². The number of carbonyl (C=O) groups excluding carboxylic acids is 1. The number of unbranched alkanes of at least 4 members (excludes halogenated alkanes) is 10. The maximum absolute atomic E-state index is 12.7. The van der Waals surface area contributed by atoms with Crippen LogP contribution in [0.4, 0.5) is 16.3 Å². The van der Waals surface area contributed by atoms with Crippen LogP contribution < -0.4 is 10.6 Å². The van der Waals surface area contributed by atoms with Crippen molar-refractivity contribution in [3.63, 3.8) is 0 Å². The van der Waals surface area contributed by atoms with Gasteiger partial charge in [0, 0.05) is 18.2 Å². The van der Waals surface area contributed by atoms with Crippen LogP contribution in [0.2, 0.25) is 0 Å². The third-order valence-corrected chi connectivity index (χ3v) is 6.44. The lowest BCUT2D eigenvalue weighted by atomic mass is 9.93. The van der Waals surface area contributed by atoms with Gasteiger partial charge in [0.1, 0.15) is 5.76 Å². The van der Waals surface area contributed by atoms with Crippen molar-refractivity contribution in [1.82, 2.24) is 5.16 Å². The summed E-state index contributed by atoms with van der Waals surface area (Å²) in [5.74, 6) is 1.93. The van der Waals surface area contributed by atoms with E-state index in [-0.39, 0.29) is 6.03 Å². The minimum Gasteiger partial charge on any atom is -0.359 e. The van der Waals surface area contributed by atoms with E-state index in [1.807, 2.05) is 6.07 Å². The van der Waals surface area contributed by atoms with E-state index in [0.717, 1.165) is 35.4 Å². The van der Waals surface area contributed by atoms with Gasteiger partial charge in [-0.3, -0.25) is 5.32 Å². The number of rotatable bonds is 16. The average molecular weight is 470 g/mol. The maximum atomic E-state index is 12.7. The van der Waals surface area contributed by atoms with Crippen molar-refractivity contribution in [3.8, 4) is 0 Å². The molecule has 1 aromatic heterocycles. The van der Waals surface area contributed by atoms with Crippen LogP contribution in [-0.2, 0) is 6.42 Å². The van der Waals surface area contributed by atoms with Crippen molar-refractivity contribution in [1.29, 1.82) is 0 Å². The Kier molecular flexibility index (Phi) is 12.8. The zero-order chi connectivity index (χ0) is 24.8. The van der Waals surface area contributed by atoms with Crippen LogP contribution in [0.1, 0.15) is 134 Å². The molecule has 2 rings (SSSR count). The molecule has 0 saturated carbocycles. The molecular weight excluding hydrogens is 422 g/mol. The molecule has 5 nitrogen and oxygen atoms in total. The molecule has 0 fully saturated rings. The number of nitrogens with zero attached hydrogens (tertiary/aromatic N) is 1. The van der Waals surface area contributed by atoms with Crippen LogP contribution in [0.3, 0.4) is 0 Å². The number of anilines is 2. The molecule has 34 heavy (non-hydrogen) atoms. The number of para-hydroxylation sites is 1. The highest BCUT2D eigenvalue weighted by Gasteiger charge is 2.16. The summed E-state index contributed by atoms with van der Waals surface area (Å²) in [6, 6.07) is 7.77. The van der Waals surface area contributed by atoms with E-state index < -0.39 is 0 Å². The largest absolute Gasteiger partial charge is 0.359 e. The van der Waals surface area contributed by atoms with Gasteiger partial charge < -0.3 is 9.84 Å². The van der Waals surface area contributed by atoms with Gasteiger partial charge in [-0.2, -0.15) is 0 Å². The highest BCUT2D eigenvalue weighted by atomic mass is 16.5. The summed E-state index contributed by atoms with van der Waals surface area (Å²) in [6.45, 7) is 10.8. The van der Waals surface area contributed by atoms with E-state index in [0.29, 0.717) is 17.7 Å². The number of benzene rings is 1.